The molecule has 1 atom stereocenters. The fourth-order valence-corrected chi connectivity index (χ4v) is 3.73. The number of rotatable bonds is 3. The predicted octanol–water partition coefficient (Wildman–Crippen LogP) is 4.43. The molecule has 0 spiro atoms. The van der Waals surface area contributed by atoms with E-state index in [1.165, 1.54) is 0 Å². The number of morpholine rings is 1. The van der Waals surface area contributed by atoms with Crippen molar-refractivity contribution in [2.45, 2.75) is 19.3 Å². The normalized spacial score (nSPS) is 20.8. The average Bonchev–Trinajstić information content (AvgIpc) is 2.62. The van der Waals surface area contributed by atoms with E-state index < -0.39 is 0 Å². The Hall–Kier alpha value is -1.30. The third-order valence-electron chi connectivity index (χ3n) is 4.54. The summed E-state index contributed by atoms with van der Waals surface area (Å²) in [6, 6.07) is 11.8. The van der Waals surface area contributed by atoms with Crippen molar-refractivity contribution in [3.05, 3.63) is 63.1 Å². The van der Waals surface area contributed by atoms with E-state index in [1.807, 2.05) is 36.4 Å². The van der Waals surface area contributed by atoms with Crippen molar-refractivity contribution in [3.8, 4) is 5.75 Å². The molecule has 2 aromatic carbocycles. The smallest absolute Gasteiger partial charge is 0.189 e. The van der Waals surface area contributed by atoms with Gasteiger partial charge in [-0.3, -0.25) is 4.90 Å². The van der Waals surface area contributed by atoms with Gasteiger partial charge in [0.05, 0.1) is 19.3 Å². The van der Waals surface area contributed by atoms with Gasteiger partial charge in [0.25, 0.3) is 0 Å². The Morgan fingerprint density at radius 3 is 2.76 bits per heavy atom. The van der Waals surface area contributed by atoms with Crippen LogP contribution in [0.3, 0.4) is 0 Å². The van der Waals surface area contributed by atoms with E-state index in [0.29, 0.717) is 18.2 Å². The number of hydrogen-bond donors (Lipinski definition) is 0. The van der Waals surface area contributed by atoms with Gasteiger partial charge in [-0.1, -0.05) is 35.3 Å². The lowest BCUT2D eigenvalue weighted by Crippen LogP contribution is -2.38. The van der Waals surface area contributed by atoms with E-state index >= 15 is 0 Å². The van der Waals surface area contributed by atoms with Crippen molar-refractivity contribution in [2.24, 2.45) is 0 Å². The largest absolute Gasteiger partial charge is 0.467 e. The molecule has 2 aliphatic heterocycles. The van der Waals surface area contributed by atoms with Gasteiger partial charge in [-0.15, -0.1) is 0 Å². The zero-order valence-electron chi connectivity index (χ0n) is 13.7. The summed E-state index contributed by atoms with van der Waals surface area (Å²) in [7, 11) is 0. The maximum absolute atomic E-state index is 6.27. The highest BCUT2D eigenvalue weighted by Gasteiger charge is 2.24. The molecule has 2 heterocycles. The van der Waals surface area contributed by atoms with Gasteiger partial charge < -0.3 is 14.2 Å². The number of hydrogen-bond acceptors (Lipinski definition) is 4. The number of benzene rings is 2. The summed E-state index contributed by atoms with van der Waals surface area (Å²) in [5, 5.41) is 1.45. The van der Waals surface area contributed by atoms with Crippen LogP contribution in [0.4, 0.5) is 0 Å². The summed E-state index contributed by atoms with van der Waals surface area (Å²) in [5.74, 6) is 0.908. The van der Waals surface area contributed by atoms with Gasteiger partial charge in [0.1, 0.15) is 5.75 Å². The minimum atomic E-state index is 0.0466. The second-order valence-electron chi connectivity index (χ2n) is 6.31. The van der Waals surface area contributed by atoms with Crippen LogP contribution in [-0.2, 0) is 22.6 Å². The lowest BCUT2D eigenvalue weighted by molar-refractivity contribution is -0.0354. The molecular formula is C19H19Cl2NO3. The van der Waals surface area contributed by atoms with Crippen LogP contribution < -0.4 is 4.74 Å². The fourth-order valence-electron chi connectivity index (χ4n) is 3.34. The molecular weight excluding hydrogens is 361 g/mol. The molecule has 1 fully saturated rings. The highest BCUT2D eigenvalue weighted by molar-refractivity contribution is 6.31. The molecule has 0 N–H and O–H groups in total. The molecule has 1 saturated heterocycles. The van der Waals surface area contributed by atoms with Gasteiger partial charge in [0.2, 0.25) is 0 Å². The SMILES string of the molecule is Clc1ccc([C@H]2CN(Cc3cc(Cl)cc4c3OCOC4)CCO2)cc1. The molecule has 6 heteroatoms. The van der Waals surface area contributed by atoms with Crippen molar-refractivity contribution >= 4 is 23.2 Å². The Morgan fingerprint density at radius 1 is 1.08 bits per heavy atom. The van der Waals surface area contributed by atoms with Crippen molar-refractivity contribution in [1.82, 2.24) is 4.90 Å². The van der Waals surface area contributed by atoms with Crippen LogP contribution in [-0.4, -0.2) is 31.4 Å². The third-order valence-corrected chi connectivity index (χ3v) is 5.01. The lowest BCUT2D eigenvalue weighted by atomic mass is 10.1. The molecule has 2 aromatic rings. The molecule has 0 saturated carbocycles. The summed E-state index contributed by atoms with van der Waals surface area (Å²) in [6.45, 7) is 4.00. The molecule has 0 amide bonds. The Morgan fingerprint density at radius 2 is 1.92 bits per heavy atom. The maximum Gasteiger partial charge on any atom is 0.189 e. The zero-order chi connectivity index (χ0) is 17.2. The number of halogens is 2. The van der Waals surface area contributed by atoms with E-state index in [1.54, 1.807) is 0 Å². The summed E-state index contributed by atoms with van der Waals surface area (Å²) in [5.41, 5.74) is 3.26. The van der Waals surface area contributed by atoms with Crippen LogP contribution >= 0.6 is 23.2 Å². The minimum Gasteiger partial charge on any atom is -0.467 e. The van der Waals surface area contributed by atoms with Crippen LogP contribution in [0.25, 0.3) is 0 Å². The van der Waals surface area contributed by atoms with E-state index in [0.717, 1.165) is 47.1 Å². The summed E-state index contributed by atoms with van der Waals surface area (Å²) in [4.78, 5) is 2.37. The van der Waals surface area contributed by atoms with E-state index in [2.05, 4.69) is 4.90 Å². The number of nitrogens with zero attached hydrogens (tertiary/aromatic N) is 1. The minimum absolute atomic E-state index is 0.0466. The number of fused-ring (bicyclic) bond motifs is 1. The van der Waals surface area contributed by atoms with Gasteiger partial charge in [-0.25, -0.2) is 0 Å². The third kappa shape index (κ3) is 3.94. The van der Waals surface area contributed by atoms with Gasteiger partial charge in [0.15, 0.2) is 6.79 Å². The molecule has 0 radical (unpaired) electrons. The van der Waals surface area contributed by atoms with Crippen LogP contribution in [0.15, 0.2) is 36.4 Å². The van der Waals surface area contributed by atoms with Crippen molar-refractivity contribution in [1.29, 1.82) is 0 Å². The summed E-state index contributed by atoms with van der Waals surface area (Å²) in [6.07, 6.45) is 0.0466. The standard InChI is InChI=1S/C19H19Cl2NO3/c20-16-3-1-13(2-4-16)18-10-22(5-6-24-18)9-14-7-17(21)8-15-11-23-12-25-19(14)15/h1-4,7-8,18H,5-6,9-12H2/t18-/m1/s1. The van der Waals surface area contributed by atoms with E-state index in [-0.39, 0.29) is 12.9 Å². The van der Waals surface area contributed by atoms with E-state index in [9.17, 15) is 0 Å². The first kappa shape index (κ1) is 17.1. The van der Waals surface area contributed by atoms with Crippen LogP contribution in [0.1, 0.15) is 22.8 Å². The molecule has 0 bridgehead atoms. The molecule has 4 nitrogen and oxygen atoms in total. The van der Waals surface area contributed by atoms with Crippen LogP contribution in [0.5, 0.6) is 5.75 Å². The first-order chi connectivity index (χ1) is 12.2. The Balaban J connectivity index is 1.51. The van der Waals surface area contributed by atoms with Crippen LogP contribution in [0.2, 0.25) is 10.0 Å². The maximum atomic E-state index is 6.27. The monoisotopic (exact) mass is 379 g/mol. The Bertz CT molecular complexity index is 751. The molecule has 4 rings (SSSR count). The van der Waals surface area contributed by atoms with Gasteiger partial charge in [-0.05, 0) is 29.8 Å². The van der Waals surface area contributed by atoms with Gasteiger partial charge in [-0.2, -0.15) is 0 Å². The first-order valence-electron chi connectivity index (χ1n) is 8.30. The summed E-state index contributed by atoms with van der Waals surface area (Å²) >= 11 is 12.3. The molecule has 25 heavy (non-hydrogen) atoms. The highest BCUT2D eigenvalue weighted by Crippen LogP contribution is 2.33. The molecule has 0 aliphatic carbocycles. The predicted molar refractivity (Wildman–Crippen MR) is 97.2 cm³/mol. The second-order valence-corrected chi connectivity index (χ2v) is 7.18. The van der Waals surface area contributed by atoms with E-state index in [4.69, 9.17) is 37.4 Å². The quantitative estimate of drug-likeness (QED) is 0.788. The molecule has 0 aromatic heterocycles. The topological polar surface area (TPSA) is 30.9 Å². The van der Waals surface area contributed by atoms with Crippen molar-refractivity contribution < 1.29 is 14.2 Å². The molecule has 0 unspecified atom stereocenters. The first-order valence-corrected chi connectivity index (χ1v) is 9.06. The van der Waals surface area contributed by atoms with Gasteiger partial charge >= 0.3 is 0 Å². The molecule has 2 aliphatic rings. The van der Waals surface area contributed by atoms with Crippen LogP contribution in [0, 0.1) is 0 Å². The Kier molecular flexibility index (Phi) is 5.15. The Labute approximate surface area is 157 Å². The summed E-state index contributed by atoms with van der Waals surface area (Å²) < 4.78 is 17.0. The highest BCUT2D eigenvalue weighted by atomic mass is 35.5. The lowest BCUT2D eigenvalue weighted by Gasteiger charge is -2.34. The second kappa shape index (κ2) is 7.52. The number of ether oxygens (including phenoxy) is 3. The molecule has 132 valence electrons. The zero-order valence-corrected chi connectivity index (χ0v) is 15.2. The van der Waals surface area contributed by atoms with Gasteiger partial charge in [0, 0.05) is 40.8 Å². The average molecular weight is 380 g/mol. The van der Waals surface area contributed by atoms with Crippen molar-refractivity contribution in [2.75, 3.05) is 26.5 Å². The fraction of sp³-hybridized carbons (Fsp3) is 0.368. The van der Waals surface area contributed by atoms with Crippen molar-refractivity contribution in [3.63, 3.8) is 0 Å².